The van der Waals surface area contributed by atoms with E-state index < -0.39 is 11.9 Å². The number of anilines is 2. The molecule has 3 rings (SSSR count). The van der Waals surface area contributed by atoms with Crippen LogP contribution in [0.1, 0.15) is 51.9 Å². The highest BCUT2D eigenvalue weighted by Crippen LogP contribution is 2.29. The fourth-order valence-electron chi connectivity index (χ4n) is 3.40. The zero-order valence-corrected chi connectivity index (χ0v) is 20.1. The highest BCUT2D eigenvalue weighted by molar-refractivity contribution is 7.13. The number of aliphatic hydroxyl groups is 1. The van der Waals surface area contributed by atoms with Gasteiger partial charge >= 0.3 is 6.18 Å². The Balaban J connectivity index is 1.72. The van der Waals surface area contributed by atoms with Crippen molar-refractivity contribution in [3.05, 3.63) is 52.0 Å². The summed E-state index contributed by atoms with van der Waals surface area (Å²) in [7, 11) is 0. The molecule has 33 heavy (non-hydrogen) atoms. The number of nitrogens with one attached hydrogen (secondary N) is 1. The summed E-state index contributed by atoms with van der Waals surface area (Å²) in [6.45, 7) is 9.54. The lowest BCUT2D eigenvalue weighted by Crippen LogP contribution is -2.35. The summed E-state index contributed by atoms with van der Waals surface area (Å²) in [6, 6.07) is 0.855. The van der Waals surface area contributed by atoms with E-state index in [1.807, 2.05) is 33.8 Å². The van der Waals surface area contributed by atoms with Crippen molar-refractivity contribution in [1.82, 2.24) is 15.0 Å². The second-order valence-electron chi connectivity index (χ2n) is 8.62. The number of piperidine rings is 1. The predicted octanol–water partition coefficient (Wildman–Crippen LogP) is 5.44. The van der Waals surface area contributed by atoms with Gasteiger partial charge in [0.05, 0.1) is 11.8 Å². The van der Waals surface area contributed by atoms with E-state index in [1.165, 1.54) is 0 Å². The highest BCUT2D eigenvalue weighted by Gasteiger charge is 2.32. The zero-order valence-electron chi connectivity index (χ0n) is 19.3. The van der Waals surface area contributed by atoms with Crippen LogP contribution in [-0.4, -0.2) is 39.3 Å². The van der Waals surface area contributed by atoms with Gasteiger partial charge in [-0.3, -0.25) is 0 Å². The van der Waals surface area contributed by atoms with E-state index in [0.29, 0.717) is 6.42 Å². The number of aromatic nitrogens is 3. The Labute approximate surface area is 196 Å². The molecule has 2 N–H and O–H groups in total. The summed E-state index contributed by atoms with van der Waals surface area (Å²) in [5.74, 6) is -0.0442. The summed E-state index contributed by atoms with van der Waals surface area (Å²) in [6.07, 6.45) is 0.506. The third-order valence-electron chi connectivity index (χ3n) is 5.59. The number of nitrogens with zero attached hydrogens (tertiary/aromatic N) is 4. The summed E-state index contributed by atoms with van der Waals surface area (Å²) in [4.78, 5) is 14.5. The van der Waals surface area contributed by atoms with Crippen LogP contribution in [0.5, 0.6) is 0 Å². The fraction of sp³-hybridized carbons (Fsp3) is 0.522. The van der Waals surface area contributed by atoms with E-state index in [0.717, 1.165) is 65.9 Å². The van der Waals surface area contributed by atoms with Crippen molar-refractivity contribution in [3.63, 3.8) is 0 Å². The fourth-order valence-corrected chi connectivity index (χ4v) is 4.28. The second kappa shape index (κ2) is 10.6. The monoisotopic (exact) mass is 481 g/mol. The Morgan fingerprint density at radius 2 is 1.97 bits per heavy atom. The number of rotatable bonds is 7. The molecule has 1 aliphatic heterocycles. The molecule has 0 spiro atoms. The Morgan fingerprint density at radius 1 is 1.27 bits per heavy atom. The minimum Gasteiger partial charge on any atom is -0.393 e. The van der Waals surface area contributed by atoms with Gasteiger partial charge in [0.2, 0.25) is 5.95 Å². The third-order valence-corrected chi connectivity index (χ3v) is 6.54. The number of halogens is 3. The summed E-state index contributed by atoms with van der Waals surface area (Å²) >= 11 is 1.61. The van der Waals surface area contributed by atoms with E-state index >= 15 is 0 Å². The lowest BCUT2D eigenvalue weighted by molar-refractivity contribution is -0.141. The molecule has 0 bridgehead atoms. The van der Waals surface area contributed by atoms with Gasteiger partial charge in [-0.15, -0.1) is 11.3 Å². The van der Waals surface area contributed by atoms with Crippen molar-refractivity contribution in [2.24, 2.45) is 5.92 Å². The summed E-state index contributed by atoms with van der Waals surface area (Å²) in [5, 5.41) is 15.7. The van der Waals surface area contributed by atoms with Crippen molar-refractivity contribution in [3.8, 4) is 0 Å². The van der Waals surface area contributed by atoms with Crippen LogP contribution in [0.25, 0.3) is 0 Å². The molecule has 1 aliphatic rings. The van der Waals surface area contributed by atoms with Gasteiger partial charge in [-0.1, -0.05) is 25.0 Å². The Kier molecular flexibility index (Phi) is 8.12. The van der Waals surface area contributed by atoms with E-state index in [-0.39, 0.29) is 18.0 Å². The maximum atomic E-state index is 13.0. The van der Waals surface area contributed by atoms with E-state index in [2.05, 4.69) is 25.6 Å². The number of alkyl halides is 3. The van der Waals surface area contributed by atoms with Gasteiger partial charge in [0, 0.05) is 36.8 Å². The molecule has 0 atom stereocenters. The normalized spacial score (nSPS) is 16.9. The van der Waals surface area contributed by atoms with Gasteiger partial charge in [0.15, 0.2) is 5.13 Å². The average Bonchev–Trinajstić information content (AvgIpc) is 3.21. The minimum absolute atomic E-state index is 0.0335. The van der Waals surface area contributed by atoms with Gasteiger partial charge in [-0.2, -0.15) is 13.2 Å². The molecule has 10 heteroatoms. The first kappa shape index (κ1) is 25.2. The van der Waals surface area contributed by atoms with E-state index in [1.54, 1.807) is 11.3 Å². The average molecular weight is 482 g/mol. The number of hydrogen-bond acceptors (Lipinski definition) is 7. The van der Waals surface area contributed by atoms with Gasteiger partial charge in [-0.25, -0.2) is 15.0 Å². The van der Waals surface area contributed by atoms with Crippen LogP contribution in [0.3, 0.4) is 0 Å². The molecule has 0 aromatic carbocycles. The van der Waals surface area contributed by atoms with Crippen molar-refractivity contribution in [2.45, 2.75) is 59.2 Å². The van der Waals surface area contributed by atoms with Crippen LogP contribution in [0.2, 0.25) is 0 Å². The molecule has 0 radical (unpaired) electrons. The molecule has 2 aromatic rings. The number of allylic oxidation sites excluding steroid dienone is 4. The SMILES string of the molecule is CC(/C=C(/Nc1nccc(C(F)(F)F)n1)C(C)C)=C(\C)Cc1csc(N2CCC(O)CC2)n1. The first-order valence-electron chi connectivity index (χ1n) is 11.0. The second-order valence-corrected chi connectivity index (χ2v) is 9.46. The van der Waals surface area contributed by atoms with Gasteiger partial charge in [0.25, 0.3) is 0 Å². The van der Waals surface area contributed by atoms with Crippen molar-refractivity contribution >= 4 is 22.4 Å². The lowest BCUT2D eigenvalue weighted by atomic mass is 10.0. The smallest absolute Gasteiger partial charge is 0.393 e. The maximum Gasteiger partial charge on any atom is 0.433 e. The molecule has 0 amide bonds. The van der Waals surface area contributed by atoms with Crippen molar-refractivity contribution in [2.75, 3.05) is 23.3 Å². The Bertz CT molecular complexity index is 1010. The van der Waals surface area contributed by atoms with E-state index in [4.69, 9.17) is 4.98 Å². The molecule has 0 aliphatic carbocycles. The number of aliphatic hydroxyl groups excluding tert-OH is 1. The van der Waals surface area contributed by atoms with Crippen molar-refractivity contribution in [1.29, 1.82) is 0 Å². The van der Waals surface area contributed by atoms with Crippen LogP contribution >= 0.6 is 11.3 Å². The van der Waals surface area contributed by atoms with Gasteiger partial charge in [-0.05, 0) is 44.7 Å². The largest absolute Gasteiger partial charge is 0.433 e. The molecular formula is C23H30F3N5OS. The summed E-state index contributed by atoms with van der Waals surface area (Å²) in [5.41, 5.74) is 2.86. The molecule has 3 heterocycles. The predicted molar refractivity (Wildman–Crippen MR) is 125 cm³/mol. The molecule has 0 saturated carbocycles. The highest BCUT2D eigenvalue weighted by atomic mass is 32.1. The zero-order chi connectivity index (χ0) is 24.2. The standard InChI is InChI=1S/C23H30F3N5OS/c1-14(2)19(29-21-27-8-5-20(30-21)23(24,25)26)12-16(4)15(3)11-17-13-33-22(28-17)31-9-6-18(32)7-10-31/h5,8,12-14,18,32H,6-7,9-11H2,1-4H3,(H,27,29,30)/b16-15-,19-12+. The molecular weight excluding hydrogens is 451 g/mol. The van der Waals surface area contributed by atoms with Gasteiger partial charge in [0.1, 0.15) is 5.69 Å². The van der Waals surface area contributed by atoms with Crippen molar-refractivity contribution < 1.29 is 18.3 Å². The minimum atomic E-state index is -4.52. The molecule has 180 valence electrons. The van der Waals surface area contributed by atoms with Crippen LogP contribution in [0.15, 0.2) is 40.6 Å². The summed E-state index contributed by atoms with van der Waals surface area (Å²) < 4.78 is 38.9. The molecule has 1 saturated heterocycles. The lowest BCUT2D eigenvalue weighted by Gasteiger charge is -2.29. The van der Waals surface area contributed by atoms with Crippen LogP contribution in [0, 0.1) is 5.92 Å². The Hall–Kier alpha value is -2.46. The first-order valence-corrected chi connectivity index (χ1v) is 11.8. The molecule has 2 aromatic heterocycles. The topological polar surface area (TPSA) is 74.2 Å². The Morgan fingerprint density at radius 3 is 2.61 bits per heavy atom. The number of thiazole rings is 1. The first-order chi connectivity index (χ1) is 15.5. The molecule has 6 nitrogen and oxygen atoms in total. The quantitative estimate of drug-likeness (QED) is 0.513. The maximum absolute atomic E-state index is 13.0. The van der Waals surface area contributed by atoms with Crippen LogP contribution < -0.4 is 10.2 Å². The van der Waals surface area contributed by atoms with Crippen LogP contribution in [0.4, 0.5) is 24.3 Å². The third kappa shape index (κ3) is 7.01. The molecule has 0 unspecified atom stereocenters. The van der Waals surface area contributed by atoms with E-state index in [9.17, 15) is 18.3 Å². The van der Waals surface area contributed by atoms with Crippen LogP contribution in [-0.2, 0) is 12.6 Å². The number of hydrogen-bond donors (Lipinski definition) is 2. The molecule has 1 fully saturated rings. The van der Waals surface area contributed by atoms with Gasteiger partial charge < -0.3 is 15.3 Å².